The third-order valence-electron chi connectivity index (χ3n) is 2.85. The topological polar surface area (TPSA) is 0 Å². The summed E-state index contributed by atoms with van der Waals surface area (Å²) in [6.07, 6.45) is 14.1. The van der Waals surface area contributed by atoms with Crippen molar-refractivity contribution in [1.82, 2.24) is 0 Å². The van der Waals surface area contributed by atoms with Crippen molar-refractivity contribution in [1.29, 1.82) is 0 Å². The first kappa shape index (κ1) is 10.2. The summed E-state index contributed by atoms with van der Waals surface area (Å²) in [5, 5.41) is 0. The third-order valence-corrected chi connectivity index (χ3v) is 2.85. The molecule has 1 aliphatic carbocycles. The zero-order valence-electron chi connectivity index (χ0n) is 9.10. The van der Waals surface area contributed by atoms with Gasteiger partial charge >= 0.3 is 0 Å². The quantitative estimate of drug-likeness (QED) is 0.626. The second kappa shape index (κ2) is 5.55. The lowest BCUT2D eigenvalue weighted by atomic mass is 9.94. The highest BCUT2D eigenvalue weighted by molar-refractivity contribution is 5.17. The predicted octanol–water partition coefficient (Wildman–Crippen LogP) is 4.14. The van der Waals surface area contributed by atoms with Crippen molar-refractivity contribution in [2.45, 2.75) is 25.7 Å². The third kappa shape index (κ3) is 3.39. The van der Waals surface area contributed by atoms with E-state index in [1.54, 1.807) is 0 Å². The van der Waals surface area contributed by atoms with E-state index in [4.69, 9.17) is 0 Å². The lowest BCUT2D eigenvalue weighted by Gasteiger charge is -2.11. The number of allylic oxidation sites excluding steroid dienone is 4. The van der Waals surface area contributed by atoms with Crippen LogP contribution in [0.3, 0.4) is 0 Å². The summed E-state index contributed by atoms with van der Waals surface area (Å²) in [6.45, 7) is 0. The van der Waals surface area contributed by atoms with E-state index in [0.29, 0.717) is 5.92 Å². The molecule has 0 nitrogen and oxygen atoms in total. The van der Waals surface area contributed by atoms with Gasteiger partial charge < -0.3 is 0 Å². The fourth-order valence-electron chi connectivity index (χ4n) is 2.02. The van der Waals surface area contributed by atoms with Crippen LogP contribution in [0.2, 0.25) is 0 Å². The Bertz CT molecular complexity index is 332. The molecular formula is C15H18. The second-order valence-electron chi connectivity index (χ2n) is 4.16. The number of benzene rings is 1. The van der Waals surface area contributed by atoms with E-state index in [1.807, 2.05) is 0 Å². The molecule has 0 heteroatoms. The highest BCUT2D eigenvalue weighted by atomic mass is 14.1. The summed E-state index contributed by atoms with van der Waals surface area (Å²) in [4.78, 5) is 0. The van der Waals surface area contributed by atoms with E-state index in [-0.39, 0.29) is 0 Å². The standard InChI is InChI=1S/C15H18/c1-2-5-9-14(10-6-3-1)13-15-11-7-4-8-12-15/h2,4-8,10-12,14H,1,3,9,13H2/b5-2-,10-6-. The van der Waals surface area contributed by atoms with Gasteiger partial charge in [0.05, 0.1) is 0 Å². The Kier molecular flexibility index (Phi) is 3.78. The Hall–Kier alpha value is -1.30. The normalized spacial score (nSPS) is 25.2. The van der Waals surface area contributed by atoms with Crippen LogP contribution in [-0.2, 0) is 6.42 Å². The van der Waals surface area contributed by atoms with Crippen molar-refractivity contribution in [3.63, 3.8) is 0 Å². The maximum atomic E-state index is 2.39. The van der Waals surface area contributed by atoms with Crippen molar-refractivity contribution >= 4 is 0 Å². The molecule has 1 atom stereocenters. The van der Waals surface area contributed by atoms with Crippen LogP contribution in [0, 0.1) is 5.92 Å². The molecule has 78 valence electrons. The van der Waals surface area contributed by atoms with Crippen LogP contribution in [0.25, 0.3) is 0 Å². The predicted molar refractivity (Wildman–Crippen MR) is 65.8 cm³/mol. The Balaban J connectivity index is 1.98. The van der Waals surface area contributed by atoms with Crippen molar-refractivity contribution < 1.29 is 0 Å². The van der Waals surface area contributed by atoms with Gasteiger partial charge in [0.1, 0.15) is 0 Å². The maximum Gasteiger partial charge on any atom is -0.0158 e. The minimum absolute atomic E-state index is 0.684. The molecule has 1 unspecified atom stereocenters. The van der Waals surface area contributed by atoms with Gasteiger partial charge in [-0.05, 0) is 37.2 Å². The molecule has 0 fully saturated rings. The van der Waals surface area contributed by atoms with E-state index in [1.165, 1.54) is 31.2 Å². The molecule has 0 heterocycles. The summed E-state index contributed by atoms with van der Waals surface area (Å²) in [6, 6.07) is 10.8. The van der Waals surface area contributed by atoms with Crippen LogP contribution >= 0.6 is 0 Å². The molecule has 15 heavy (non-hydrogen) atoms. The molecule has 0 aliphatic heterocycles. The van der Waals surface area contributed by atoms with E-state index < -0.39 is 0 Å². The number of hydrogen-bond acceptors (Lipinski definition) is 0. The molecule has 1 aromatic carbocycles. The zero-order valence-corrected chi connectivity index (χ0v) is 9.10. The molecule has 0 bridgehead atoms. The molecule has 0 spiro atoms. The Labute approximate surface area is 92.3 Å². The van der Waals surface area contributed by atoms with Crippen LogP contribution in [0.1, 0.15) is 24.8 Å². The van der Waals surface area contributed by atoms with Crippen LogP contribution in [-0.4, -0.2) is 0 Å². The fraction of sp³-hybridized carbons (Fsp3) is 0.333. The number of rotatable bonds is 2. The molecule has 2 rings (SSSR count). The average molecular weight is 198 g/mol. The van der Waals surface area contributed by atoms with E-state index >= 15 is 0 Å². The first-order chi connectivity index (χ1) is 7.45. The van der Waals surface area contributed by atoms with Gasteiger partial charge in [0.2, 0.25) is 0 Å². The van der Waals surface area contributed by atoms with Crippen molar-refractivity contribution in [2.24, 2.45) is 5.92 Å². The Morgan fingerprint density at radius 3 is 2.60 bits per heavy atom. The molecule has 1 aliphatic rings. The molecule has 0 N–H and O–H groups in total. The first-order valence-electron chi connectivity index (χ1n) is 5.81. The van der Waals surface area contributed by atoms with Gasteiger partial charge in [-0.3, -0.25) is 0 Å². The highest BCUT2D eigenvalue weighted by Crippen LogP contribution is 2.17. The molecular weight excluding hydrogens is 180 g/mol. The fourth-order valence-corrected chi connectivity index (χ4v) is 2.02. The summed E-state index contributed by atoms with van der Waals surface area (Å²) < 4.78 is 0. The van der Waals surface area contributed by atoms with E-state index in [0.717, 1.165) is 0 Å². The largest absolute Gasteiger partial charge is 0.0882 e. The second-order valence-corrected chi connectivity index (χ2v) is 4.16. The van der Waals surface area contributed by atoms with Gasteiger partial charge in [-0.15, -0.1) is 0 Å². The lowest BCUT2D eigenvalue weighted by molar-refractivity contribution is 0.650. The van der Waals surface area contributed by atoms with Gasteiger partial charge in [-0.2, -0.15) is 0 Å². The molecule has 1 aromatic rings. The minimum atomic E-state index is 0.684. The van der Waals surface area contributed by atoms with E-state index in [9.17, 15) is 0 Å². The van der Waals surface area contributed by atoms with Crippen LogP contribution in [0.4, 0.5) is 0 Å². The smallest absolute Gasteiger partial charge is 0.0158 e. The summed E-state index contributed by atoms with van der Waals surface area (Å²) in [5.41, 5.74) is 1.45. The van der Waals surface area contributed by atoms with Crippen LogP contribution in [0.5, 0.6) is 0 Å². The van der Waals surface area contributed by atoms with Crippen LogP contribution in [0.15, 0.2) is 54.6 Å². The Morgan fingerprint density at radius 2 is 1.73 bits per heavy atom. The molecule has 0 amide bonds. The van der Waals surface area contributed by atoms with Crippen molar-refractivity contribution in [2.75, 3.05) is 0 Å². The van der Waals surface area contributed by atoms with Gasteiger partial charge in [-0.1, -0.05) is 54.6 Å². The molecule has 0 aromatic heterocycles. The summed E-state index contributed by atoms with van der Waals surface area (Å²) in [7, 11) is 0. The highest BCUT2D eigenvalue weighted by Gasteiger charge is 2.04. The zero-order chi connectivity index (χ0) is 10.3. The monoisotopic (exact) mass is 198 g/mol. The van der Waals surface area contributed by atoms with Gasteiger partial charge in [0, 0.05) is 0 Å². The summed E-state index contributed by atoms with van der Waals surface area (Å²) in [5.74, 6) is 0.684. The van der Waals surface area contributed by atoms with Gasteiger partial charge in [-0.25, -0.2) is 0 Å². The van der Waals surface area contributed by atoms with Gasteiger partial charge in [0.25, 0.3) is 0 Å². The number of hydrogen-bond donors (Lipinski definition) is 0. The van der Waals surface area contributed by atoms with E-state index in [2.05, 4.69) is 54.6 Å². The SMILES string of the molecule is C1=C\CC(Cc2ccccc2)/C=C\CC/1. The Morgan fingerprint density at radius 1 is 0.933 bits per heavy atom. The lowest BCUT2D eigenvalue weighted by Crippen LogP contribution is -2.01. The molecule has 0 saturated heterocycles. The minimum Gasteiger partial charge on any atom is -0.0882 e. The molecule has 0 saturated carbocycles. The average Bonchev–Trinajstić information content (AvgIpc) is 2.23. The van der Waals surface area contributed by atoms with Crippen molar-refractivity contribution in [3.8, 4) is 0 Å². The molecule has 0 radical (unpaired) electrons. The van der Waals surface area contributed by atoms with Gasteiger partial charge in [0.15, 0.2) is 0 Å². The maximum absolute atomic E-state index is 2.39. The van der Waals surface area contributed by atoms with Crippen LogP contribution < -0.4 is 0 Å². The first-order valence-corrected chi connectivity index (χ1v) is 5.81. The summed E-state index contributed by atoms with van der Waals surface area (Å²) >= 11 is 0. The van der Waals surface area contributed by atoms with Crippen molar-refractivity contribution in [3.05, 3.63) is 60.2 Å².